The van der Waals surface area contributed by atoms with Gasteiger partial charge in [-0.05, 0) is 13.8 Å². The zero-order valence-electron chi connectivity index (χ0n) is 9.94. The van der Waals surface area contributed by atoms with Crippen molar-refractivity contribution in [2.45, 2.75) is 19.9 Å². The summed E-state index contributed by atoms with van der Waals surface area (Å²) in [5, 5.41) is 4.60. The Morgan fingerprint density at radius 1 is 1.39 bits per heavy atom. The molecule has 96 valence electrons. The number of halogens is 1. The van der Waals surface area contributed by atoms with Crippen LogP contribution in [0.25, 0.3) is 0 Å². The molecule has 0 fully saturated rings. The molecule has 0 bridgehead atoms. The molecular weight excluding hydrogens is 272 g/mol. The molecule has 0 aliphatic carbocycles. The van der Waals surface area contributed by atoms with Gasteiger partial charge in [-0.3, -0.25) is 5.43 Å². The molecule has 0 aromatic carbocycles. The van der Waals surface area contributed by atoms with Crippen LogP contribution in [-0.2, 0) is 0 Å². The lowest BCUT2D eigenvalue weighted by Crippen LogP contribution is -2.13. The van der Waals surface area contributed by atoms with E-state index in [1.807, 2.05) is 20.0 Å². The molecule has 8 heteroatoms. The lowest BCUT2D eigenvalue weighted by atomic mass is 10.3. The summed E-state index contributed by atoms with van der Waals surface area (Å²) in [6.45, 7) is 4.01. The van der Waals surface area contributed by atoms with E-state index >= 15 is 0 Å². The summed E-state index contributed by atoms with van der Waals surface area (Å²) < 4.78 is 0. The van der Waals surface area contributed by atoms with E-state index in [9.17, 15) is 0 Å². The Kier molecular flexibility index (Phi) is 3.95. The molecule has 18 heavy (non-hydrogen) atoms. The maximum absolute atomic E-state index is 6.02. The minimum atomic E-state index is 0.0155. The SMILES string of the molecule is Cc1cnc(C(C)Nc2nc(NN)ncc2Cl)s1. The number of aromatic nitrogens is 3. The topological polar surface area (TPSA) is 88.8 Å². The number of aryl methyl sites for hydroxylation is 1. The molecule has 2 rings (SSSR count). The number of hydrogen-bond donors (Lipinski definition) is 3. The Labute approximate surface area is 114 Å². The fourth-order valence-corrected chi connectivity index (χ4v) is 2.30. The van der Waals surface area contributed by atoms with Crippen molar-refractivity contribution in [2.75, 3.05) is 10.7 Å². The highest BCUT2D eigenvalue weighted by Gasteiger charge is 2.12. The Balaban J connectivity index is 2.18. The van der Waals surface area contributed by atoms with E-state index in [1.54, 1.807) is 11.3 Å². The third-order valence-corrected chi connectivity index (χ3v) is 3.61. The summed E-state index contributed by atoms with van der Waals surface area (Å²) in [5.74, 6) is 6.10. The normalized spacial score (nSPS) is 12.2. The molecule has 2 aromatic heterocycles. The minimum absolute atomic E-state index is 0.0155. The molecule has 0 aliphatic rings. The van der Waals surface area contributed by atoms with Gasteiger partial charge < -0.3 is 5.32 Å². The average Bonchev–Trinajstić information content (AvgIpc) is 2.79. The van der Waals surface area contributed by atoms with Crippen molar-refractivity contribution < 1.29 is 0 Å². The molecule has 0 spiro atoms. The summed E-state index contributed by atoms with van der Waals surface area (Å²) in [4.78, 5) is 13.5. The lowest BCUT2D eigenvalue weighted by Gasteiger charge is -2.13. The average molecular weight is 285 g/mol. The summed E-state index contributed by atoms with van der Waals surface area (Å²) in [7, 11) is 0. The molecule has 0 saturated carbocycles. The number of nitrogen functional groups attached to an aromatic ring is 1. The van der Waals surface area contributed by atoms with Gasteiger partial charge in [-0.25, -0.2) is 15.8 Å². The number of thiazole rings is 1. The summed E-state index contributed by atoms with van der Waals surface area (Å²) in [6.07, 6.45) is 3.33. The van der Waals surface area contributed by atoms with E-state index in [4.69, 9.17) is 17.4 Å². The van der Waals surface area contributed by atoms with Gasteiger partial charge in [0.15, 0.2) is 5.82 Å². The van der Waals surface area contributed by atoms with Crippen LogP contribution in [0.4, 0.5) is 11.8 Å². The third-order valence-electron chi connectivity index (χ3n) is 2.24. The standard InChI is InChI=1S/C10H13ClN6S/c1-5-3-13-9(18-5)6(2)15-8-7(11)4-14-10(16-8)17-12/h3-4,6H,12H2,1-2H3,(H2,14,15,16,17). The van der Waals surface area contributed by atoms with Crippen LogP contribution in [-0.4, -0.2) is 15.0 Å². The Bertz CT molecular complexity index is 543. The second kappa shape index (κ2) is 5.47. The zero-order valence-corrected chi connectivity index (χ0v) is 11.5. The van der Waals surface area contributed by atoms with Crippen molar-refractivity contribution in [3.05, 3.63) is 27.3 Å². The predicted molar refractivity (Wildman–Crippen MR) is 73.7 cm³/mol. The molecule has 2 heterocycles. The van der Waals surface area contributed by atoms with E-state index in [0.717, 1.165) is 9.88 Å². The van der Waals surface area contributed by atoms with Gasteiger partial charge in [-0.15, -0.1) is 11.3 Å². The van der Waals surface area contributed by atoms with Crippen LogP contribution in [0.5, 0.6) is 0 Å². The number of nitrogens with one attached hydrogen (secondary N) is 2. The Morgan fingerprint density at radius 3 is 2.78 bits per heavy atom. The largest absolute Gasteiger partial charge is 0.360 e. The van der Waals surface area contributed by atoms with Crippen LogP contribution in [0.15, 0.2) is 12.4 Å². The van der Waals surface area contributed by atoms with Crippen LogP contribution < -0.4 is 16.6 Å². The van der Waals surface area contributed by atoms with Crippen LogP contribution in [0, 0.1) is 6.92 Å². The zero-order chi connectivity index (χ0) is 13.1. The molecule has 0 amide bonds. The first-order chi connectivity index (χ1) is 8.60. The molecule has 4 N–H and O–H groups in total. The monoisotopic (exact) mass is 284 g/mol. The Hall–Kier alpha value is -1.44. The van der Waals surface area contributed by atoms with Crippen molar-refractivity contribution in [1.82, 2.24) is 15.0 Å². The fraction of sp³-hybridized carbons (Fsp3) is 0.300. The molecular formula is C10H13ClN6S. The molecule has 2 aromatic rings. The number of rotatable bonds is 4. The molecule has 1 unspecified atom stereocenters. The summed E-state index contributed by atoms with van der Waals surface area (Å²) in [6, 6.07) is 0.0155. The van der Waals surface area contributed by atoms with Crippen LogP contribution in [0.3, 0.4) is 0 Å². The van der Waals surface area contributed by atoms with Gasteiger partial charge in [-0.2, -0.15) is 4.98 Å². The first-order valence-electron chi connectivity index (χ1n) is 5.28. The Morgan fingerprint density at radius 2 is 2.17 bits per heavy atom. The highest BCUT2D eigenvalue weighted by molar-refractivity contribution is 7.11. The van der Waals surface area contributed by atoms with Gasteiger partial charge >= 0.3 is 0 Å². The molecule has 0 aliphatic heterocycles. The minimum Gasteiger partial charge on any atom is -0.360 e. The fourth-order valence-electron chi connectivity index (χ4n) is 1.38. The number of hydrazine groups is 1. The van der Waals surface area contributed by atoms with Crippen LogP contribution in [0.1, 0.15) is 22.9 Å². The molecule has 0 saturated heterocycles. The van der Waals surface area contributed by atoms with E-state index < -0.39 is 0 Å². The van der Waals surface area contributed by atoms with E-state index in [0.29, 0.717) is 16.8 Å². The quantitative estimate of drug-likeness (QED) is 0.590. The molecule has 6 nitrogen and oxygen atoms in total. The number of nitrogens with zero attached hydrogens (tertiary/aromatic N) is 3. The van der Waals surface area contributed by atoms with Gasteiger partial charge in [0.25, 0.3) is 0 Å². The number of hydrogen-bond acceptors (Lipinski definition) is 7. The van der Waals surface area contributed by atoms with Gasteiger partial charge in [0.05, 0.1) is 12.2 Å². The highest BCUT2D eigenvalue weighted by atomic mass is 35.5. The van der Waals surface area contributed by atoms with E-state index in [-0.39, 0.29) is 6.04 Å². The second-order valence-electron chi connectivity index (χ2n) is 3.71. The first-order valence-corrected chi connectivity index (χ1v) is 6.47. The van der Waals surface area contributed by atoms with Crippen LogP contribution >= 0.6 is 22.9 Å². The first kappa shape index (κ1) is 13.0. The lowest BCUT2D eigenvalue weighted by molar-refractivity contribution is 0.858. The maximum Gasteiger partial charge on any atom is 0.239 e. The van der Waals surface area contributed by atoms with Gasteiger partial charge in [0.2, 0.25) is 5.95 Å². The highest BCUT2D eigenvalue weighted by Crippen LogP contribution is 2.26. The van der Waals surface area contributed by atoms with Crippen molar-refractivity contribution in [2.24, 2.45) is 5.84 Å². The predicted octanol–water partition coefficient (Wildman–Crippen LogP) is 2.35. The second-order valence-corrected chi connectivity index (χ2v) is 5.38. The van der Waals surface area contributed by atoms with Crippen molar-refractivity contribution in [1.29, 1.82) is 0 Å². The van der Waals surface area contributed by atoms with E-state index in [2.05, 4.69) is 25.7 Å². The number of anilines is 2. The maximum atomic E-state index is 6.02. The molecule has 1 atom stereocenters. The molecule has 0 radical (unpaired) electrons. The van der Waals surface area contributed by atoms with Gasteiger partial charge in [0, 0.05) is 11.1 Å². The van der Waals surface area contributed by atoms with Gasteiger partial charge in [0.1, 0.15) is 10.0 Å². The number of nitrogens with two attached hydrogens (primary N) is 1. The van der Waals surface area contributed by atoms with Crippen LogP contribution in [0.2, 0.25) is 5.02 Å². The van der Waals surface area contributed by atoms with Crippen molar-refractivity contribution in [3.8, 4) is 0 Å². The third kappa shape index (κ3) is 2.87. The summed E-state index contributed by atoms with van der Waals surface area (Å²) in [5.41, 5.74) is 2.38. The van der Waals surface area contributed by atoms with Gasteiger partial charge in [-0.1, -0.05) is 11.6 Å². The summed E-state index contributed by atoms with van der Waals surface area (Å²) >= 11 is 7.65. The van der Waals surface area contributed by atoms with Crippen molar-refractivity contribution >= 4 is 34.7 Å². The van der Waals surface area contributed by atoms with Crippen molar-refractivity contribution in [3.63, 3.8) is 0 Å². The smallest absolute Gasteiger partial charge is 0.239 e. The van der Waals surface area contributed by atoms with E-state index in [1.165, 1.54) is 6.20 Å².